The largest absolute Gasteiger partial charge is 0.461 e. The molecule has 0 aromatic heterocycles. The van der Waals surface area contributed by atoms with Crippen LogP contribution in [0.1, 0.15) is 30.4 Å². The van der Waals surface area contributed by atoms with E-state index in [-0.39, 0.29) is 31.3 Å². The van der Waals surface area contributed by atoms with Crippen molar-refractivity contribution in [3.05, 3.63) is 83.9 Å². The Morgan fingerprint density at radius 3 is 2.52 bits per heavy atom. The molecule has 5 nitrogen and oxygen atoms in total. The lowest BCUT2D eigenvalue weighted by atomic mass is 10.1. The average Bonchev–Trinajstić information content (AvgIpc) is 3.27. The number of carbonyl (C=O) groups is 2. The van der Waals surface area contributed by atoms with Crippen molar-refractivity contribution in [2.75, 3.05) is 6.54 Å². The summed E-state index contributed by atoms with van der Waals surface area (Å²) in [6, 6.07) is 23.7. The number of hydrogen-bond donors (Lipinski definition) is 0. The highest BCUT2D eigenvalue weighted by Gasteiger charge is 2.22. The van der Waals surface area contributed by atoms with Gasteiger partial charge < -0.3 is 4.74 Å². The molecule has 0 fully saturated rings. The maximum Gasteiger partial charge on any atom is 0.306 e. The summed E-state index contributed by atoms with van der Waals surface area (Å²) in [5, 5.41) is 8.05. The summed E-state index contributed by atoms with van der Waals surface area (Å²) >= 11 is 0. The molecule has 0 spiro atoms. The van der Waals surface area contributed by atoms with Crippen LogP contribution in [0.2, 0.25) is 0 Å². The van der Waals surface area contributed by atoms with Gasteiger partial charge in [-0.15, -0.1) is 0 Å². The normalized spacial score (nSPS) is 13.4. The molecule has 1 heterocycles. The van der Waals surface area contributed by atoms with Gasteiger partial charge in [-0.3, -0.25) is 9.59 Å². The van der Waals surface area contributed by atoms with Gasteiger partial charge in [0.2, 0.25) is 5.91 Å². The lowest BCUT2D eigenvalue weighted by Gasteiger charge is -2.11. The number of hydrogen-bond acceptors (Lipinski definition) is 4. The fourth-order valence-corrected chi connectivity index (χ4v) is 3.46. The number of carbonyl (C=O) groups excluding carboxylic acids is 2. The highest BCUT2D eigenvalue weighted by Crippen LogP contribution is 2.20. The number of fused-ring (bicyclic) bond motifs is 1. The van der Waals surface area contributed by atoms with E-state index >= 15 is 0 Å². The number of amides is 1. The summed E-state index contributed by atoms with van der Waals surface area (Å²) in [4.78, 5) is 24.5. The van der Waals surface area contributed by atoms with Crippen LogP contribution in [0.25, 0.3) is 10.8 Å². The lowest BCUT2D eigenvalue weighted by Crippen LogP contribution is -2.24. The molecule has 1 aliphatic rings. The van der Waals surface area contributed by atoms with Crippen molar-refractivity contribution in [2.24, 2.45) is 5.10 Å². The minimum Gasteiger partial charge on any atom is -0.461 e. The molecule has 3 aromatic rings. The van der Waals surface area contributed by atoms with Crippen LogP contribution in [0.15, 0.2) is 77.9 Å². The Balaban J connectivity index is 1.28. The summed E-state index contributed by atoms with van der Waals surface area (Å²) in [5.41, 5.74) is 2.88. The second kappa shape index (κ2) is 8.69. The third kappa shape index (κ3) is 4.51. The number of rotatable bonds is 6. The molecule has 0 unspecified atom stereocenters. The van der Waals surface area contributed by atoms with Gasteiger partial charge in [0.05, 0.1) is 18.7 Å². The van der Waals surface area contributed by atoms with E-state index in [4.69, 9.17) is 4.74 Å². The van der Waals surface area contributed by atoms with E-state index in [0.29, 0.717) is 6.54 Å². The van der Waals surface area contributed by atoms with Gasteiger partial charge in [-0.1, -0.05) is 72.8 Å². The van der Waals surface area contributed by atoms with Crippen LogP contribution in [-0.2, 0) is 20.9 Å². The Hall–Kier alpha value is -3.47. The number of esters is 1. The van der Waals surface area contributed by atoms with Gasteiger partial charge in [-0.05, 0) is 21.9 Å². The molecule has 1 amide bonds. The molecule has 146 valence electrons. The maximum absolute atomic E-state index is 12.4. The summed E-state index contributed by atoms with van der Waals surface area (Å²) < 4.78 is 5.39. The van der Waals surface area contributed by atoms with Crippen molar-refractivity contribution in [1.82, 2.24) is 5.01 Å². The molecule has 4 rings (SSSR count). The van der Waals surface area contributed by atoms with E-state index in [1.807, 2.05) is 72.8 Å². The van der Waals surface area contributed by atoms with E-state index in [1.165, 1.54) is 5.01 Å². The molecule has 29 heavy (non-hydrogen) atoms. The van der Waals surface area contributed by atoms with E-state index < -0.39 is 0 Å². The molecule has 0 N–H and O–H groups in total. The quantitative estimate of drug-likeness (QED) is 0.594. The lowest BCUT2D eigenvalue weighted by molar-refractivity contribution is -0.147. The molecule has 0 saturated carbocycles. The molecule has 5 heteroatoms. The maximum atomic E-state index is 12.4. The van der Waals surface area contributed by atoms with Gasteiger partial charge in [0.1, 0.15) is 6.61 Å². The molecular formula is C24H22N2O3. The Bertz CT molecular complexity index is 1050. The summed E-state index contributed by atoms with van der Waals surface area (Å²) in [7, 11) is 0. The molecule has 0 bridgehead atoms. The Morgan fingerprint density at radius 2 is 1.66 bits per heavy atom. The van der Waals surface area contributed by atoms with Crippen LogP contribution >= 0.6 is 0 Å². The second-order valence-corrected chi connectivity index (χ2v) is 6.98. The second-order valence-electron chi connectivity index (χ2n) is 6.98. The van der Waals surface area contributed by atoms with Crippen LogP contribution in [-0.4, -0.2) is 29.1 Å². The minimum atomic E-state index is -0.377. The predicted molar refractivity (Wildman–Crippen MR) is 112 cm³/mol. The molecule has 0 aliphatic carbocycles. The Morgan fingerprint density at radius 1 is 0.897 bits per heavy atom. The van der Waals surface area contributed by atoms with Crippen molar-refractivity contribution >= 4 is 28.4 Å². The monoisotopic (exact) mass is 386 g/mol. The van der Waals surface area contributed by atoms with Crippen LogP contribution in [0.3, 0.4) is 0 Å². The first-order valence-electron chi connectivity index (χ1n) is 9.76. The number of hydrazone groups is 1. The van der Waals surface area contributed by atoms with Gasteiger partial charge in [0.15, 0.2) is 0 Å². The van der Waals surface area contributed by atoms with Crippen molar-refractivity contribution < 1.29 is 14.3 Å². The minimum absolute atomic E-state index is 0.0519. The van der Waals surface area contributed by atoms with E-state index in [9.17, 15) is 9.59 Å². The van der Waals surface area contributed by atoms with Crippen molar-refractivity contribution in [2.45, 2.75) is 25.9 Å². The van der Waals surface area contributed by atoms with Crippen LogP contribution in [0.5, 0.6) is 0 Å². The topological polar surface area (TPSA) is 59.0 Å². The first-order chi connectivity index (χ1) is 14.2. The van der Waals surface area contributed by atoms with Crippen molar-refractivity contribution in [3.63, 3.8) is 0 Å². The Kier molecular flexibility index (Phi) is 5.66. The van der Waals surface area contributed by atoms with Crippen LogP contribution in [0.4, 0.5) is 0 Å². The first-order valence-corrected chi connectivity index (χ1v) is 9.76. The summed E-state index contributed by atoms with van der Waals surface area (Å²) in [6.45, 7) is 0.752. The molecule has 0 saturated heterocycles. The molecule has 0 radical (unpaired) electrons. The van der Waals surface area contributed by atoms with Gasteiger partial charge >= 0.3 is 5.97 Å². The zero-order valence-corrected chi connectivity index (χ0v) is 16.1. The third-order valence-corrected chi connectivity index (χ3v) is 5.01. The molecular weight excluding hydrogens is 364 g/mol. The Labute approximate surface area is 169 Å². The van der Waals surface area contributed by atoms with Crippen LogP contribution < -0.4 is 0 Å². The summed E-state index contributed by atoms with van der Waals surface area (Å²) in [5.74, 6) is -0.532. The number of ether oxygens (including phenoxy) is 1. The van der Waals surface area contributed by atoms with E-state index in [0.717, 1.165) is 34.0 Å². The molecule has 1 aliphatic heterocycles. The third-order valence-electron chi connectivity index (χ3n) is 5.01. The highest BCUT2D eigenvalue weighted by atomic mass is 16.5. The molecule has 3 aromatic carbocycles. The van der Waals surface area contributed by atoms with Crippen molar-refractivity contribution in [3.8, 4) is 0 Å². The summed E-state index contributed by atoms with van der Waals surface area (Å²) in [6.07, 6.45) is 0.873. The highest BCUT2D eigenvalue weighted by molar-refractivity contribution is 6.02. The van der Waals surface area contributed by atoms with E-state index in [2.05, 4.69) is 5.10 Å². The fourth-order valence-electron chi connectivity index (χ4n) is 3.46. The smallest absolute Gasteiger partial charge is 0.306 e. The zero-order chi connectivity index (χ0) is 20.1. The predicted octanol–water partition coefficient (Wildman–Crippen LogP) is 4.30. The average molecular weight is 386 g/mol. The van der Waals surface area contributed by atoms with Gasteiger partial charge in [-0.2, -0.15) is 5.10 Å². The zero-order valence-electron chi connectivity index (χ0n) is 16.1. The first kappa shape index (κ1) is 18.9. The van der Waals surface area contributed by atoms with Crippen molar-refractivity contribution in [1.29, 1.82) is 0 Å². The standard InChI is InChI=1S/C24H22N2O3/c27-23(26-16-15-22(25-26)19-8-2-1-3-9-19)13-14-24(28)29-17-20-11-6-10-18-7-4-5-12-21(18)20/h1-12H,13-17H2. The van der Waals surface area contributed by atoms with Gasteiger partial charge in [0, 0.05) is 12.8 Å². The van der Waals surface area contributed by atoms with Gasteiger partial charge in [-0.25, -0.2) is 5.01 Å². The SMILES string of the molecule is O=C(CCC(=O)N1CCC(c2ccccc2)=N1)OCc1cccc2ccccc12. The van der Waals surface area contributed by atoms with E-state index in [1.54, 1.807) is 0 Å². The number of nitrogens with zero attached hydrogens (tertiary/aromatic N) is 2. The number of benzene rings is 3. The molecule has 0 atom stereocenters. The van der Waals surface area contributed by atoms with Gasteiger partial charge in [0.25, 0.3) is 0 Å². The fraction of sp³-hybridized carbons (Fsp3) is 0.208. The van der Waals surface area contributed by atoms with Crippen LogP contribution in [0, 0.1) is 0 Å².